The Morgan fingerprint density at radius 2 is 1.43 bits per heavy atom. The van der Waals surface area contributed by atoms with Gasteiger partial charge in [0.15, 0.2) is 35.1 Å². The van der Waals surface area contributed by atoms with Gasteiger partial charge < -0.3 is 41.4 Å². The molecule has 0 aromatic carbocycles. The molecule has 3 saturated heterocycles. The lowest BCUT2D eigenvalue weighted by atomic mass is 10.1. The van der Waals surface area contributed by atoms with E-state index in [0.29, 0.717) is 0 Å². The molecule has 27 heteroatoms. The smallest absolute Gasteiger partial charge is 0.395 e. The van der Waals surface area contributed by atoms with Crippen LogP contribution in [0.1, 0.15) is 12.5 Å². The quantitative estimate of drug-likeness (QED) is 0.0800. The van der Waals surface area contributed by atoms with E-state index in [9.17, 15) is 34.4 Å². The molecule has 6 unspecified atom stereocenters. The first-order valence-corrected chi connectivity index (χ1v) is 18.4. The third kappa shape index (κ3) is 6.78. The molecule has 3 aliphatic rings. The number of aromatic amines is 1. The first-order chi connectivity index (χ1) is 24.4. The summed E-state index contributed by atoms with van der Waals surface area (Å²) >= 11 is 0. The molecular formula is C24H34N12O13P2. The molecular weight excluding hydrogens is 726 g/mol. The Bertz CT molecular complexity index is 2050. The normalized spacial score (nSPS) is 34.7. The number of rotatable bonds is 8. The topological polar surface area (TPSA) is 354 Å². The molecule has 0 spiro atoms. The maximum atomic E-state index is 14.3. The summed E-state index contributed by atoms with van der Waals surface area (Å²) in [6.07, 6.45) is -8.26. The summed E-state index contributed by atoms with van der Waals surface area (Å²) in [7, 11) is -9.09. The van der Waals surface area contributed by atoms with Crippen LogP contribution in [0, 0.1) is 0 Å². The van der Waals surface area contributed by atoms with Gasteiger partial charge in [-0.2, -0.15) is 4.98 Å². The Hall–Kier alpha value is -3.52. The van der Waals surface area contributed by atoms with Gasteiger partial charge >= 0.3 is 15.5 Å². The van der Waals surface area contributed by atoms with Crippen molar-refractivity contribution in [1.29, 1.82) is 0 Å². The molecule has 278 valence electrons. The summed E-state index contributed by atoms with van der Waals surface area (Å²) in [6, 6.07) is 0. The van der Waals surface area contributed by atoms with E-state index in [2.05, 4.69) is 40.1 Å². The number of fused-ring (bicyclic) bond motifs is 5. The van der Waals surface area contributed by atoms with E-state index in [1.165, 1.54) is 21.8 Å². The number of nitrogens with one attached hydrogen (secondary N) is 3. The third-order valence-corrected chi connectivity index (χ3v) is 11.4. The summed E-state index contributed by atoms with van der Waals surface area (Å²) in [5.41, 5.74) is 11.2. The van der Waals surface area contributed by atoms with E-state index >= 15 is 0 Å². The number of aliphatic hydroxyl groups excluding tert-OH is 4. The second-order valence-electron chi connectivity index (χ2n) is 11.5. The Balaban J connectivity index is 1.27. The Morgan fingerprint density at radius 1 is 0.824 bits per heavy atom. The molecule has 0 radical (unpaired) electrons. The van der Waals surface area contributed by atoms with Crippen LogP contribution in [0.2, 0.25) is 0 Å². The molecule has 7 rings (SSSR count). The first kappa shape index (κ1) is 35.9. The zero-order chi connectivity index (χ0) is 36.1. The average molecular weight is 761 g/mol. The van der Waals surface area contributed by atoms with Crippen LogP contribution < -0.4 is 27.2 Å². The van der Waals surface area contributed by atoms with Crippen molar-refractivity contribution < 1.29 is 57.1 Å². The van der Waals surface area contributed by atoms with Crippen molar-refractivity contribution in [2.45, 2.75) is 49.1 Å². The fourth-order valence-corrected chi connectivity index (χ4v) is 8.87. The summed E-state index contributed by atoms with van der Waals surface area (Å²) < 4.78 is 66.5. The van der Waals surface area contributed by atoms with Crippen LogP contribution in [0.15, 0.2) is 23.8 Å². The van der Waals surface area contributed by atoms with E-state index in [4.69, 9.17) is 39.0 Å². The number of nitrogen functional groups attached to an aromatic ring is 2. The molecule has 51 heavy (non-hydrogen) atoms. The highest BCUT2D eigenvalue weighted by molar-refractivity contribution is 7.52. The van der Waals surface area contributed by atoms with Crippen LogP contribution in [0.25, 0.3) is 22.3 Å². The lowest BCUT2D eigenvalue weighted by Crippen LogP contribution is -2.38. The summed E-state index contributed by atoms with van der Waals surface area (Å²) in [5.74, 6) is -0.204. The fraction of sp³-hybridized carbons (Fsp3) is 0.583. The zero-order valence-corrected chi connectivity index (χ0v) is 28.0. The highest BCUT2D eigenvalue weighted by Gasteiger charge is 2.54. The number of H-pyrrole nitrogens is 1. The van der Waals surface area contributed by atoms with E-state index in [1.807, 2.05) is 0 Å². The van der Waals surface area contributed by atoms with Crippen LogP contribution in [0.3, 0.4) is 0 Å². The molecule has 3 fully saturated rings. The molecule has 7 heterocycles. The van der Waals surface area contributed by atoms with Crippen molar-refractivity contribution in [1.82, 2.24) is 49.2 Å². The number of aromatic nitrogens is 8. The molecule has 3 aliphatic heterocycles. The highest BCUT2D eigenvalue weighted by atomic mass is 31.2. The van der Waals surface area contributed by atoms with Gasteiger partial charge in [-0.25, -0.2) is 39.2 Å². The summed E-state index contributed by atoms with van der Waals surface area (Å²) in [5, 5.41) is 47.1. The number of nitrogens with two attached hydrogens (primary N) is 2. The fourth-order valence-electron chi connectivity index (χ4n) is 5.86. The molecule has 2 bridgehead atoms. The van der Waals surface area contributed by atoms with Crippen LogP contribution in [-0.2, 0) is 36.7 Å². The van der Waals surface area contributed by atoms with Gasteiger partial charge in [-0.05, 0) is 0 Å². The molecule has 10 atom stereocenters. The van der Waals surface area contributed by atoms with E-state index in [1.54, 1.807) is 0 Å². The number of ether oxygens (including phenoxy) is 2. The molecule has 25 nitrogen and oxygen atoms in total. The second kappa shape index (κ2) is 14.1. The van der Waals surface area contributed by atoms with Crippen molar-refractivity contribution in [3.8, 4) is 0 Å². The van der Waals surface area contributed by atoms with Gasteiger partial charge in [-0.1, -0.05) is 0 Å². The minimum Gasteiger partial charge on any atom is -0.395 e. The SMILES string of the molecule is Nc1nc2c(ncn2[C@@H]2O[C@@H]3COP(=O)(NCCO)OC4C(O)[C@H](n5cnc6c(N)ncnc65)O[C@@H]4COP(=O)(NCCO)OC2C3O)c(=O)[nH]1. The number of aliphatic hydroxyl groups is 4. The van der Waals surface area contributed by atoms with Crippen molar-refractivity contribution in [3.05, 3.63) is 29.3 Å². The van der Waals surface area contributed by atoms with Crippen LogP contribution in [0.4, 0.5) is 11.8 Å². The Morgan fingerprint density at radius 3 is 2.12 bits per heavy atom. The predicted octanol–water partition coefficient (Wildman–Crippen LogP) is -3.16. The van der Waals surface area contributed by atoms with Crippen molar-refractivity contribution >= 4 is 49.6 Å². The zero-order valence-electron chi connectivity index (χ0n) is 26.2. The molecule has 11 N–H and O–H groups in total. The average Bonchev–Trinajstić information content (AvgIpc) is 3.86. The van der Waals surface area contributed by atoms with E-state index < -0.39 is 96.6 Å². The van der Waals surface area contributed by atoms with E-state index in [0.717, 1.165) is 6.33 Å². The Labute approximate surface area is 285 Å². The number of nitrogens with zero attached hydrogens (tertiary/aromatic N) is 7. The number of hydrogen-bond donors (Lipinski definition) is 9. The third-order valence-electron chi connectivity index (χ3n) is 8.18. The van der Waals surface area contributed by atoms with Gasteiger partial charge in [0, 0.05) is 13.1 Å². The largest absolute Gasteiger partial charge is 0.406 e. The van der Waals surface area contributed by atoms with Crippen molar-refractivity contribution in [2.75, 3.05) is 51.0 Å². The number of anilines is 2. The molecule has 0 amide bonds. The molecule has 0 aliphatic carbocycles. The summed E-state index contributed by atoms with van der Waals surface area (Å²) in [6.45, 7) is -2.94. The van der Waals surface area contributed by atoms with Crippen LogP contribution in [-0.4, -0.2) is 136 Å². The number of imidazole rings is 2. The van der Waals surface area contributed by atoms with Crippen LogP contribution >= 0.6 is 15.5 Å². The lowest BCUT2D eigenvalue weighted by molar-refractivity contribution is -0.0609. The molecule has 4 aromatic rings. The second-order valence-corrected chi connectivity index (χ2v) is 15.0. The van der Waals surface area contributed by atoms with Gasteiger partial charge in [-0.3, -0.25) is 37.0 Å². The van der Waals surface area contributed by atoms with Gasteiger partial charge in [-0.15, -0.1) is 0 Å². The molecule has 0 saturated carbocycles. The Kier molecular flexibility index (Phi) is 9.94. The monoisotopic (exact) mass is 760 g/mol. The lowest BCUT2D eigenvalue weighted by Gasteiger charge is -2.29. The van der Waals surface area contributed by atoms with Gasteiger partial charge in [0.05, 0.1) is 39.1 Å². The van der Waals surface area contributed by atoms with Crippen LogP contribution in [0.5, 0.6) is 0 Å². The minimum absolute atomic E-state index is 0.0552. The van der Waals surface area contributed by atoms with Gasteiger partial charge in [0.25, 0.3) is 5.56 Å². The van der Waals surface area contributed by atoms with Gasteiger partial charge in [0.1, 0.15) is 48.5 Å². The summed E-state index contributed by atoms with van der Waals surface area (Å²) in [4.78, 5) is 35.2. The standard InChI is InChI=1S/C24H34N12O13P2/c25-18-12-19(28-7-27-18)35(8-29-12)22-15(40)16-11(47-22)6-45-51(43,32-2-4-38)49-17-14(39)10(5-44-50(42,48-16)31-1-3-37)46-23(17)36-9-30-13-20(36)33-24(26)34-21(13)41/h7-11,14-17,22-23,37-40H,1-6H2,(H,31,42)(H,32,43)(H2,25,27,28)(H3,26,33,34,41)/t10-,11-,14?,15?,16?,17?,22-,23-,50?,51?/m1/s1. The molecule has 4 aromatic heterocycles. The van der Waals surface area contributed by atoms with Gasteiger partial charge in [0.2, 0.25) is 5.95 Å². The van der Waals surface area contributed by atoms with E-state index in [-0.39, 0.29) is 47.2 Å². The van der Waals surface area contributed by atoms with Crippen molar-refractivity contribution in [3.63, 3.8) is 0 Å². The maximum Gasteiger partial charge on any atom is 0.406 e. The maximum absolute atomic E-state index is 14.3. The number of hydrogen-bond acceptors (Lipinski definition) is 20. The first-order valence-electron chi connectivity index (χ1n) is 15.3. The predicted molar refractivity (Wildman–Crippen MR) is 169 cm³/mol. The highest BCUT2D eigenvalue weighted by Crippen LogP contribution is 2.54. The van der Waals surface area contributed by atoms with Crippen molar-refractivity contribution in [2.24, 2.45) is 0 Å². The minimum atomic E-state index is -4.57.